The van der Waals surface area contributed by atoms with Gasteiger partial charge in [0.25, 0.3) is 5.91 Å². The minimum absolute atomic E-state index is 0.144. The molecule has 1 aromatic carbocycles. The van der Waals surface area contributed by atoms with E-state index in [1.165, 1.54) is 4.90 Å². The molecule has 0 spiro atoms. The Bertz CT molecular complexity index is 557. The van der Waals surface area contributed by atoms with Crippen LogP contribution in [0, 0.1) is 12.7 Å². The highest BCUT2D eigenvalue weighted by Crippen LogP contribution is 2.24. The van der Waals surface area contributed by atoms with Gasteiger partial charge in [-0.3, -0.25) is 4.79 Å². The number of amides is 1. The van der Waals surface area contributed by atoms with Crippen molar-refractivity contribution in [1.29, 1.82) is 0 Å². The standard InChI is InChI=1S/C12H12FNO2/c1-7-4-5-8-6-9(12(15)14(2)3)16-11(8)10(7)13/h4-6H,1-3H3. The Labute approximate surface area is 92.5 Å². The second-order valence-corrected chi connectivity index (χ2v) is 3.93. The number of nitrogens with zero attached hydrogens (tertiary/aromatic N) is 1. The summed E-state index contributed by atoms with van der Waals surface area (Å²) in [6.45, 7) is 1.66. The van der Waals surface area contributed by atoms with Gasteiger partial charge in [-0.15, -0.1) is 0 Å². The molecule has 0 aliphatic carbocycles. The van der Waals surface area contributed by atoms with E-state index >= 15 is 0 Å². The van der Waals surface area contributed by atoms with Crippen molar-refractivity contribution in [3.05, 3.63) is 35.3 Å². The molecular formula is C12H12FNO2. The van der Waals surface area contributed by atoms with Gasteiger partial charge in [0.05, 0.1) is 0 Å². The lowest BCUT2D eigenvalue weighted by Crippen LogP contribution is -2.20. The average Bonchev–Trinajstić information content (AvgIpc) is 2.67. The summed E-state index contributed by atoms with van der Waals surface area (Å²) in [6.07, 6.45) is 0. The van der Waals surface area contributed by atoms with Gasteiger partial charge in [-0.2, -0.15) is 0 Å². The highest BCUT2D eigenvalue weighted by Gasteiger charge is 2.16. The SMILES string of the molecule is Cc1ccc2cc(C(=O)N(C)C)oc2c1F. The van der Waals surface area contributed by atoms with E-state index in [9.17, 15) is 9.18 Å². The molecule has 0 saturated heterocycles. The molecule has 0 N–H and O–H groups in total. The van der Waals surface area contributed by atoms with Crippen LogP contribution >= 0.6 is 0 Å². The van der Waals surface area contributed by atoms with E-state index in [2.05, 4.69) is 0 Å². The van der Waals surface area contributed by atoms with Crippen LogP contribution in [0.3, 0.4) is 0 Å². The zero-order valence-corrected chi connectivity index (χ0v) is 9.37. The normalized spacial score (nSPS) is 10.8. The van der Waals surface area contributed by atoms with Crippen molar-refractivity contribution in [2.75, 3.05) is 14.1 Å². The van der Waals surface area contributed by atoms with Crippen molar-refractivity contribution in [2.45, 2.75) is 6.92 Å². The molecule has 0 radical (unpaired) electrons. The number of aryl methyl sites for hydroxylation is 1. The fraction of sp³-hybridized carbons (Fsp3) is 0.250. The topological polar surface area (TPSA) is 33.5 Å². The number of fused-ring (bicyclic) bond motifs is 1. The van der Waals surface area contributed by atoms with Crippen molar-refractivity contribution in [3.63, 3.8) is 0 Å². The summed E-state index contributed by atoms with van der Waals surface area (Å²) in [5.74, 6) is -0.520. The zero-order chi connectivity index (χ0) is 11.9. The predicted octanol–water partition coefficient (Wildman–Crippen LogP) is 2.58. The summed E-state index contributed by atoms with van der Waals surface area (Å²) < 4.78 is 18.9. The molecule has 84 valence electrons. The first-order chi connectivity index (χ1) is 7.50. The average molecular weight is 221 g/mol. The summed E-state index contributed by atoms with van der Waals surface area (Å²) in [5, 5.41) is 0.605. The third-order valence-corrected chi connectivity index (χ3v) is 2.44. The summed E-state index contributed by atoms with van der Waals surface area (Å²) in [6, 6.07) is 4.96. The maximum Gasteiger partial charge on any atom is 0.289 e. The van der Waals surface area contributed by atoms with Crippen molar-refractivity contribution in [2.24, 2.45) is 0 Å². The van der Waals surface area contributed by atoms with Gasteiger partial charge in [0.15, 0.2) is 17.2 Å². The first-order valence-corrected chi connectivity index (χ1v) is 4.91. The van der Waals surface area contributed by atoms with E-state index in [1.807, 2.05) is 0 Å². The lowest BCUT2D eigenvalue weighted by atomic mass is 10.2. The van der Waals surface area contributed by atoms with Gasteiger partial charge in [0.1, 0.15) is 0 Å². The molecule has 4 heteroatoms. The third-order valence-electron chi connectivity index (χ3n) is 2.44. The second kappa shape index (κ2) is 3.63. The molecular weight excluding hydrogens is 209 g/mol. The minimum atomic E-state index is -0.407. The van der Waals surface area contributed by atoms with Gasteiger partial charge in [0.2, 0.25) is 0 Å². The monoisotopic (exact) mass is 221 g/mol. The lowest BCUT2D eigenvalue weighted by molar-refractivity contribution is 0.0799. The Morgan fingerprint density at radius 2 is 2.06 bits per heavy atom. The summed E-state index contributed by atoms with van der Waals surface area (Å²) >= 11 is 0. The lowest BCUT2D eigenvalue weighted by Gasteiger charge is -2.06. The maximum absolute atomic E-state index is 13.7. The predicted molar refractivity (Wildman–Crippen MR) is 58.9 cm³/mol. The van der Waals surface area contributed by atoms with Crippen LogP contribution in [0.2, 0.25) is 0 Å². The summed E-state index contributed by atoms with van der Waals surface area (Å²) in [4.78, 5) is 13.0. The van der Waals surface area contributed by atoms with Crippen LogP contribution in [-0.4, -0.2) is 24.9 Å². The fourth-order valence-electron chi connectivity index (χ4n) is 1.49. The first kappa shape index (κ1) is 10.7. The van der Waals surface area contributed by atoms with Gasteiger partial charge in [-0.25, -0.2) is 4.39 Å². The molecule has 1 aromatic heterocycles. The van der Waals surface area contributed by atoms with Gasteiger partial charge in [-0.05, 0) is 18.6 Å². The smallest absolute Gasteiger partial charge is 0.289 e. The molecule has 0 unspecified atom stereocenters. The van der Waals surface area contributed by atoms with E-state index in [1.54, 1.807) is 39.2 Å². The molecule has 0 aliphatic heterocycles. The minimum Gasteiger partial charge on any atom is -0.448 e. The number of benzene rings is 1. The quantitative estimate of drug-likeness (QED) is 0.741. The van der Waals surface area contributed by atoms with Crippen LogP contribution in [0.4, 0.5) is 4.39 Å². The van der Waals surface area contributed by atoms with Crippen LogP contribution in [0.1, 0.15) is 16.1 Å². The number of carbonyl (C=O) groups excluding carboxylic acids is 1. The van der Waals surface area contributed by atoms with Crippen molar-refractivity contribution in [1.82, 2.24) is 4.90 Å². The molecule has 0 bridgehead atoms. The molecule has 0 saturated carbocycles. The fourth-order valence-corrected chi connectivity index (χ4v) is 1.49. The molecule has 2 aromatic rings. The Hall–Kier alpha value is -1.84. The molecule has 1 amide bonds. The van der Waals surface area contributed by atoms with E-state index in [0.717, 1.165) is 0 Å². The van der Waals surface area contributed by atoms with Gasteiger partial charge in [0, 0.05) is 19.5 Å². The number of hydrogen-bond acceptors (Lipinski definition) is 2. The highest BCUT2D eigenvalue weighted by molar-refractivity contribution is 5.96. The largest absolute Gasteiger partial charge is 0.448 e. The van der Waals surface area contributed by atoms with Crippen LogP contribution in [0.15, 0.2) is 22.6 Å². The van der Waals surface area contributed by atoms with Crippen molar-refractivity contribution >= 4 is 16.9 Å². The van der Waals surface area contributed by atoms with Crippen molar-refractivity contribution in [3.8, 4) is 0 Å². The number of hydrogen-bond donors (Lipinski definition) is 0. The summed E-state index contributed by atoms with van der Waals surface area (Å²) in [7, 11) is 3.24. The Morgan fingerprint density at radius 1 is 1.38 bits per heavy atom. The molecule has 1 heterocycles. The van der Waals surface area contributed by atoms with E-state index in [4.69, 9.17) is 4.42 Å². The molecule has 0 atom stereocenters. The second-order valence-electron chi connectivity index (χ2n) is 3.93. The van der Waals surface area contributed by atoms with Gasteiger partial charge >= 0.3 is 0 Å². The molecule has 0 fully saturated rings. The first-order valence-electron chi connectivity index (χ1n) is 4.91. The van der Waals surface area contributed by atoms with Crippen LogP contribution in [-0.2, 0) is 0 Å². The Kier molecular flexibility index (Phi) is 2.42. The Balaban J connectivity index is 2.61. The maximum atomic E-state index is 13.7. The number of furan rings is 1. The van der Waals surface area contributed by atoms with Crippen LogP contribution in [0.25, 0.3) is 11.0 Å². The number of rotatable bonds is 1. The van der Waals surface area contributed by atoms with E-state index < -0.39 is 5.82 Å². The third kappa shape index (κ3) is 1.56. The van der Waals surface area contributed by atoms with Crippen molar-refractivity contribution < 1.29 is 13.6 Å². The van der Waals surface area contributed by atoms with Crippen LogP contribution in [0.5, 0.6) is 0 Å². The van der Waals surface area contributed by atoms with E-state index in [-0.39, 0.29) is 17.3 Å². The molecule has 0 aliphatic rings. The Morgan fingerprint density at radius 3 is 2.69 bits per heavy atom. The van der Waals surface area contributed by atoms with E-state index in [0.29, 0.717) is 10.9 Å². The number of halogens is 1. The molecule has 16 heavy (non-hydrogen) atoms. The van der Waals surface area contributed by atoms with Crippen LogP contribution < -0.4 is 0 Å². The van der Waals surface area contributed by atoms with Gasteiger partial charge < -0.3 is 9.32 Å². The molecule has 2 rings (SSSR count). The molecule has 3 nitrogen and oxygen atoms in total. The zero-order valence-electron chi connectivity index (χ0n) is 9.37. The number of carbonyl (C=O) groups is 1. The summed E-state index contributed by atoms with van der Waals surface area (Å²) in [5.41, 5.74) is 0.649. The van der Waals surface area contributed by atoms with Gasteiger partial charge in [-0.1, -0.05) is 12.1 Å². The highest BCUT2D eigenvalue weighted by atomic mass is 19.1.